The second kappa shape index (κ2) is 12.5. The summed E-state index contributed by atoms with van der Waals surface area (Å²) in [6.07, 6.45) is 0. The number of hydrogen-bond donors (Lipinski definition) is 4. The van der Waals surface area contributed by atoms with E-state index in [-0.39, 0.29) is 12.3 Å². The number of carbonyl (C=O) groups is 2. The molecule has 39 heavy (non-hydrogen) atoms. The van der Waals surface area contributed by atoms with Crippen LogP contribution in [0.2, 0.25) is 0 Å². The van der Waals surface area contributed by atoms with Gasteiger partial charge in [0.1, 0.15) is 11.4 Å². The van der Waals surface area contributed by atoms with E-state index in [4.69, 9.17) is 4.74 Å². The van der Waals surface area contributed by atoms with Crippen LogP contribution in [0.3, 0.4) is 0 Å². The number of urea groups is 2. The molecule has 0 aliphatic heterocycles. The third-order valence-corrected chi connectivity index (χ3v) is 5.39. The Morgan fingerprint density at radius 1 is 0.590 bits per heavy atom. The Balaban J connectivity index is 1.38. The largest absolute Gasteiger partial charge is 0.451 e. The third kappa shape index (κ3) is 7.04. The van der Waals surface area contributed by atoms with Crippen molar-refractivity contribution in [1.82, 2.24) is 10.6 Å². The first-order chi connectivity index (χ1) is 18.8. The van der Waals surface area contributed by atoms with Crippen LogP contribution in [0.25, 0.3) is 0 Å². The number of nitrogens with one attached hydrogen (secondary N) is 4. The number of rotatable bonds is 8. The highest BCUT2D eigenvalue weighted by Crippen LogP contribution is 2.36. The highest BCUT2D eigenvalue weighted by molar-refractivity contribution is 5.90. The fraction of sp³-hybridized carbons (Fsp3) is 0.0714. The molecule has 4 N–H and O–H groups in total. The van der Waals surface area contributed by atoms with Gasteiger partial charge >= 0.3 is 12.1 Å². The molecule has 0 saturated heterocycles. The first-order valence-corrected chi connectivity index (χ1v) is 11.6. The number of hydrogen-bond acceptors (Lipinski definition) is 3. The summed E-state index contributed by atoms with van der Waals surface area (Å²) >= 11 is 0. The fourth-order valence-corrected chi connectivity index (χ4v) is 3.42. The number of anilines is 2. The summed E-state index contributed by atoms with van der Waals surface area (Å²) in [5, 5.41) is 9.36. The van der Waals surface area contributed by atoms with Gasteiger partial charge in [0, 0.05) is 18.8 Å². The topological polar surface area (TPSA) is 91.5 Å². The normalized spacial score (nSPS) is 10.5. The van der Waals surface area contributed by atoms with Gasteiger partial charge in [-0.2, -0.15) is 8.78 Å². The van der Waals surface area contributed by atoms with Gasteiger partial charge in [0.15, 0.2) is 11.6 Å². The van der Waals surface area contributed by atoms with Crippen LogP contribution in [0.4, 0.5) is 38.5 Å². The zero-order valence-corrected chi connectivity index (χ0v) is 20.2. The summed E-state index contributed by atoms with van der Waals surface area (Å²) in [4.78, 5) is 24.1. The smallest absolute Gasteiger partial charge is 0.319 e. The van der Waals surface area contributed by atoms with Gasteiger partial charge in [0.05, 0.1) is 0 Å². The first kappa shape index (κ1) is 27.0. The molecule has 0 unspecified atom stereocenters. The van der Waals surface area contributed by atoms with E-state index in [2.05, 4.69) is 16.0 Å². The Bertz CT molecular complexity index is 1420. The van der Waals surface area contributed by atoms with Crippen molar-refractivity contribution >= 4 is 23.4 Å². The van der Waals surface area contributed by atoms with Crippen molar-refractivity contribution < 1.29 is 31.9 Å². The first-order valence-electron chi connectivity index (χ1n) is 11.6. The molecule has 0 radical (unpaired) electrons. The molecule has 7 nitrogen and oxygen atoms in total. The maximum absolute atomic E-state index is 14.6. The lowest BCUT2D eigenvalue weighted by atomic mass is 10.2. The maximum Gasteiger partial charge on any atom is 0.319 e. The lowest BCUT2D eigenvalue weighted by molar-refractivity contribution is 0.250. The van der Waals surface area contributed by atoms with Crippen LogP contribution in [0.5, 0.6) is 11.5 Å². The molecule has 0 atom stereocenters. The lowest BCUT2D eigenvalue weighted by Gasteiger charge is -2.14. The number of amides is 4. The van der Waals surface area contributed by atoms with E-state index in [1.54, 1.807) is 35.6 Å². The summed E-state index contributed by atoms with van der Waals surface area (Å²) in [5.74, 6) is -8.85. The molecule has 0 saturated carbocycles. The standard InChI is InChI=1S/C28H22F4N4O3/c29-21-23(31)26(24(32)22(30)25(21)36-28(38)34-16-18-9-5-2-6-10-18)39-20-13-11-19(12-14-20)35-27(37)33-15-17-7-3-1-4-8-17/h1-14H,15-16H2,(H2,33,35,37)(H2,34,36,38). The average molecular weight is 539 g/mol. The predicted octanol–water partition coefficient (Wildman–Crippen LogP) is 6.68. The second-order valence-corrected chi connectivity index (χ2v) is 8.17. The Morgan fingerprint density at radius 3 is 1.54 bits per heavy atom. The van der Waals surface area contributed by atoms with E-state index in [0.717, 1.165) is 5.56 Å². The molecule has 0 aliphatic rings. The molecule has 4 aromatic rings. The molecule has 0 bridgehead atoms. The lowest BCUT2D eigenvalue weighted by Crippen LogP contribution is -2.29. The molecular formula is C28H22F4N4O3. The summed E-state index contributed by atoms with van der Waals surface area (Å²) in [7, 11) is 0. The van der Waals surface area contributed by atoms with Crippen LogP contribution < -0.4 is 26.0 Å². The van der Waals surface area contributed by atoms with Gasteiger partial charge in [0.25, 0.3) is 0 Å². The molecule has 4 rings (SSSR count). The van der Waals surface area contributed by atoms with Crippen LogP contribution in [0, 0.1) is 23.3 Å². The molecule has 0 aromatic heterocycles. The minimum absolute atomic E-state index is 0.0155. The Kier molecular flexibility index (Phi) is 8.62. The van der Waals surface area contributed by atoms with E-state index in [9.17, 15) is 27.2 Å². The van der Waals surface area contributed by atoms with Crippen molar-refractivity contribution in [3.05, 3.63) is 119 Å². The van der Waals surface area contributed by atoms with Crippen LogP contribution in [0.1, 0.15) is 11.1 Å². The number of carbonyl (C=O) groups excluding carboxylic acids is 2. The number of halogens is 4. The molecular weight excluding hydrogens is 516 g/mol. The highest BCUT2D eigenvalue weighted by atomic mass is 19.2. The SMILES string of the molecule is O=C(NCc1ccccc1)Nc1ccc(Oc2c(F)c(F)c(NC(=O)NCc3ccccc3)c(F)c2F)cc1. The summed E-state index contributed by atoms with van der Waals surface area (Å²) in [5.41, 5.74) is 0.619. The van der Waals surface area contributed by atoms with Gasteiger partial charge in [-0.15, -0.1) is 0 Å². The van der Waals surface area contributed by atoms with Crippen LogP contribution >= 0.6 is 0 Å². The number of ether oxygens (including phenoxy) is 1. The fourth-order valence-electron chi connectivity index (χ4n) is 3.42. The van der Waals surface area contributed by atoms with Crippen molar-refractivity contribution in [2.24, 2.45) is 0 Å². The van der Waals surface area contributed by atoms with E-state index < -0.39 is 46.8 Å². The molecule has 4 amide bonds. The molecule has 0 spiro atoms. The van der Waals surface area contributed by atoms with Gasteiger partial charge < -0.3 is 26.0 Å². The maximum atomic E-state index is 14.6. The molecule has 0 fully saturated rings. The molecule has 200 valence electrons. The van der Waals surface area contributed by atoms with Gasteiger partial charge in [-0.3, -0.25) is 0 Å². The van der Waals surface area contributed by atoms with Gasteiger partial charge in [-0.25, -0.2) is 18.4 Å². The molecule has 0 aliphatic carbocycles. The van der Waals surface area contributed by atoms with E-state index in [0.29, 0.717) is 17.8 Å². The summed E-state index contributed by atoms with van der Waals surface area (Å²) in [6.45, 7) is 0.310. The Morgan fingerprint density at radius 2 is 1.05 bits per heavy atom. The molecule has 4 aromatic carbocycles. The van der Waals surface area contributed by atoms with Crippen LogP contribution in [0.15, 0.2) is 84.9 Å². The van der Waals surface area contributed by atoms with Crippen molar-refractivity contribution in [2.45, 2.75) is 13.1 Å². The van der Waals surface area contributed by atoms with Crippen molar-refractivity contribution in [1.29, 1.82) is 0 Å². The monoisotopic (exact) mass is 538 g/mol. The van der Waals surface area contributed by atoms with E-state index in [1.807, 2.05) is 30.3 Å². The highest BCUT2D eigenvalue weighted by Gasteiger charge is 2.28. The third-order valence-electron chi connectivity index (χ3n) is 5.39. The average Bonchev–Trinajstić information content (AvgIpc) is 2.96. The Hall–Kier alpha value is -5.06. The summed E-state index contributed by atoms with van der Waals surface area (Å²) < 4.78 is 63.4. The summed E-state index contributed by atoms with van der Waals surface area (Å²) in [6, 6.07) is 21.5. The van der Waals surface area contributed by atoms with Crippen molar-refractivity contribution in [2.75, 3.05) is 10.6 Å². The van der Waals surface area contributed by atoms with E-state index >= 15 is 0 Å². The molecule has 0 heterocycles. The van der Waals surface area contributed by atoms with Gasteiger partial charge in [-0.05, 0) is 35.4 Å². The Labute approximate surface area is 220 Å². The van der Waals surface area contributed by atoms with E-state index in [1.165, 1.54) is 24.3 Å². The zero-order chi connectivity index (χ0) is 27.8. The second-order valence-electron chi connectivity index (χ2n) is 8.17. The van der Waals surface area contributed by atoms with Gasteiger partial charge in [0.2, 0.25) is 17.4 Å². The minimum Gasteiger partial charge on any atom is -0.451 e. The molecule has 11 heteroatoms. The number of benzene rings is 4. The quantitative estimate of drug-likeness (QED) is 0.149. The van der Waals surface area contributed by atoms with Crippen molar-refractivity contribution in [3.63, 3.8) is 0 Å². The predicted molar refractivity (Wildman–Crippen MR) is 137 cm³/mol. The van der Waals surface area contributed by atoms with Crippen molar-refractivity contribution in [3.8, 4) is 11.5 Å². The van der Waals surface area contributed by atoms with Gasteiger partial charge in [-0.1, -0.05) is 60.7 Å². The minimum atomic E-state index is -1.84. The van der Waals surface area contributed by atoms with Crippen LogP contribution in [-0.2, 0) is 13.1 Å². The zero-order valence-electron chi connectivity index (χ0n) is 20.2. The van der Waals surface area contributed by atoms with Crippen LogP contribution in [-0.4, -0.2) is 12.1 Å².